The van der Waals surface area contributed by atoms with Crippen LogP contribution in [0.15, 0.2) is 24.3 Å². The quantitative estimate of drug-likeness (QED) is 0.440. The molecule has 1 unspecified atom stereocenters. The zero-order valence-corrected chi connectivity index (χ0v) is 19.9. The summed E-state index contributed by atoms with van der Waals surface area (Å²) in [6.45, 7) is 4.77. The van der Waals surface area contributed by atoms with E-state index >= 15 is 0 Å². The number of benzene rings is 1. The summed E-state index contributed by atoms with van der Waals surface area (Å²) in [5.41, 5.74) is -0.856. The number of carbonyl (C=O) groups excluding carboxylic acids is 4. The number of hydrogen-bond acceptors (Lipinski definition) is 6. The van der Waals surface area contributed by atoms with Crippen molar-refractivity contribution in [2.24, 2.45) is 0 Å². The van der Waals surface area contributed by atoms with Crippen LogP contribution in [0.2, 0.25) is 10.0 Å². The fourth-order valence-corrected chi connectivity index (χ4v) is 4.90. The van der Waals surface area contributed by atoms with E-state index in [1.165, 1.54) is 24.3 Å². The van der Waals surface area contributed by atoms with Crippen molar-refractivity contribution >= 4 is 63.4 Å². The van der Waals surface area contributed by atoms with Crippen molar-refractivity contribution in [3.8, 4) is 0 Å². The van der Waals surface area contributed by atoms with Crippen molar-refractivity contribution in [2.45, 2.75) is 32.7 Å². The van der Waals surface area contributed by atoms with E-state index in [0.29, 0.717) is 22.0 Å². The van der Waals surface area contributed by atoms with Gasteiger partial charge in [0.1, 0.15) is 17.1 Å². The number of ether oxygens (including phenoxy) is 1. The highest BCUT2D eigenvalue weighted by atomic mass is 35.5. The van der Waals surface area contributed by atoms with E-state index in [-0.39, 0.29) is 17.2 Å². The summed E-state index contributed by atoms with van der Waals surface area (Å²) >= 11 is 13.4. The van der Waals surface area contributed by atoms with Crippen LogP contribution in [0.4, 0.5) is 9.80 Å². The lowest BCUT2D eigenvalue weighted by molar-refractivity contribution is -0.133. The highest BCUT2D eigenvalue weighted by Gasteiger charge is 2.50. The molecule has 11 heteroatoms. The van der Waals surface area contributed by atoms with Gasteiger partial charge in [0.05, 0.1) is 12.2 Å². The number of halogens is 2. The summed E-state index contributed by atoms with van der Waals surface area (Å²) < 4.78 is 5.04. The van der Waals surface area contributed by atoms with Crippen LogP contribution in [0.3, 0.4) is 0 Å². The van der Waals surface area contributed by atoms with Crippen molar-refractivity contribution in [1.29, 1.82) is 0 Å². The molecule has 0 aliphatic carbocycles. The van der Waals surface area contributed by atoms with Gasteiger partial charge >= 0.3 is 12.0 Å². The first kappa shape index (κ1) is 24.0. The van der Waals surface area contributed by atoms with Crippen LogP contribution < -0.4 is 10.6 Å². The molecule has 0 radical (unpaired) electrons. The van der Waals surface area contributed by atoms with Crippen LogP contribution in [0.1, 0.15) is 41.6 Å². The third-order valence-corrected chi connectivity index (χ3v) is 6.67. The Hall–Kier alpha value is -2.62. The number of aryl methyl sites for hydroxylation is 1. The molecule has 2 heterocycles. The van der Waals surface area contributed by atoms with Crippen LogP contribution >= 0.6 is 34.5 Å². The maximum atomic E-state index is 13.1. The molecule has 0 saturated carbocycles. The lowest BCUT2D eigenvalue weighted by atomic mass is 9.92. The molecule has 0 spiro atoms. The zero-order chi connectivity index (χ0) is 23.6. The Labute approximate surface area is 198 Å². The second kappa shape index (κ2) is 9.48. The van der Waals surface area contributed by atoms with Crippen LogP contribution in [-0.4, -0.2) is 41.9 Å². The van der Waals surface area contributed by atoms with Gasteiger partial charge in [-0.2, -0.15) is 0 Å². The molecule has 170 valence electrons. The van der Waals surface area contributed by atoms with E-state index in [1.54, 1.807) is 25.1 Å². The Morgan fingerprint density at radius 1 is 1.22 bits per heavy atom. The molecular weight excluding hydrogens is 477 g/mol. The van der Waals surface area contributed by atoms with Gasteiger partial charge in [-0.15, -0.1) is 11.3 Å². The maximum absolute atomic E-state index is 13.1. The van der Waals surface area contributed by atoms with Crippen molar-refractivity contribution in [3.05, 3.63) is 50.3 Å². The van der Waals surface area contributed by atoms with Crippen molar-refractivity contribution in [1.82, 2.24) is 10.2 Å². The Balaban J connectivity index is 1.79. The van der Waals surface area contributed by atoms with Gasteiger partial charge in [-0.3, -0.25) is 14.5 Å². The van der Waals surface area contributed by atoms with Gasteiger partial charge < -0.3 is 15.4 Å². The first-order valence-corrected chi connectivity index (χ1v) is 11.4. The lowest BCUT2D eigenvalue weighted by Crippen LogP contribution is -2.42. The van der Waals surface area contributed by atoms with Gasteiger partial charge in [0, 0.05) is 20.5 Å². The summed E-state index contributed by atoms with van der Waals surface area (Å²) in [5, 5.41) is 6.12. The van der Waals surface area contributed by atoms with Crippen LogP contribution in [0, 0.1) is 0 Å². The standard InChI is InChI=1S/C21H21Cl2N3O5S/c1-4-12-9-13(18(28)31-5-2)17(32-12)24-16(27)10-26-19(29)21(3,25-20(26)30)14-7-6-11(22)8-15(14)23/h6-9H,4-5,10H2,1-3H3,(H,24,27)(H,25,30). The number of rotatable bonds is 7. The number of urea groups is 1. The molecule has 1 aromatic carbocycles. The van der Waals surface area contributed by atoms with Gasteiger partial charge in [-0.05, 0) is 38.5 Å². The Kier molecular flexibility index (Phi) is 7.12. The fourth-order valence-electron chi connectivity index (χ4n) is 3.30. The molecule has 1 aromatic heterocycles. The number of nitrogens with one attached hydrogen (secondary N) is 2. The number of amides is 4. The van der Waals surface area contributed by atoms with E-state index in [0.717, 1.165) is 9.78 Å². The second-order valence-corrected chi connectivity index (χ2v) is 9.13. The molecule has 3 rings (SSSR count). The number of esters is 1. The van der Waals surface area contributed by atoms with E-state index < -0.39 is 35.9 Å². The largest absolute Gasteiger partial charge is 0.462 e. The highest BCUT2D eigenvalue weighted by molar-refractivity contribution is 7.16. The Morgan fingerprint density at radius 2 is 1.94 bits per heavy atom. The monoisotopic (exact) mass is 497 g/mol. The first-order chi connectivity index (χ1) is 15.1. The van der Waals surface area contributed by atoms with Gasteiger partial charge in [0.2, 0.25) is 5.91 Å². The van der Waals surface area contributed by atoms with Crippen molar-refractivity contribution < 1.29 is 23.9 Å². The molecular formula is C21H21Cl2N3O5S. The SMILES string of the molecule is CCOC(=O)c1cc(CC)sc1NC(=O)CN1C(=O)NC(C)(c2ccc(Cl)cc2Cl)C1=O. The number of carbonyl (C=O) groups is 4. The molecule has 1 fully saturated rings. The predicted molar refractivity (Wildman–Crippen MR) is 122 cm³/mol. The third kappa shape index (κ3) is 4.60. The first-order valence-electron chi connectivity index (χ1n) is 9.80. The molecule has 2 N–H and O–H groups in total. The van der Waals surface area contributed by atoms with Crippen LogP contribution in [0.5, 0.6) is 0 Å². The normalized spacial score (nSPS) is 18.0. The average Bonchev–Trinajstić information content (AvgIpc) is 3.22. The summed E-state index contributed by atoms with van der Waals surface area (Å²) in [7, 11) is 0. The summed E-state index contributed by atoms with van der Waals surface area (Å²) in [6.07, 6.45) is 0.667. The average molecular weight is 498 g/mol. The minimum absolute atomic E-state index is 0.192. The summed E-state index contributed by atoms with van der Waals surface area (Å²) in [6, 6.07) is 5.51. The van der Waals surface area contributed by atoms with E-state index in [9.17, 15) is 19.2 Å². The number of imide groups is 1. The van der Waals surface area contributed by atoms with Gasteiger partial charge in [0.25, 0.3) is 5.91 Å². The highest BCUT2D eigenvalue weighted by Crippen LogP contribution is 2.35. The summed E-state index contributed by atoms with van der Waals surface area (Å²) in [4.78, 5) is 52.2. The Morgan fingerprint density at radius 3 is 2.56 bits per heavy atom. The van der Waals surface area contributed by atoms with Gasteiger partial charge in [-0.1, -0.05) is 36.2 Å². The molecule has 1 aliphatic rings. The molecule has 32 heavy (non-hydrogen) atoms. The molecule has 2 aromatic rings. The minimum atomic E-state index is -1.45. The van der Waals surface area contributed by atoms with E-state index in [1.807, 2.05) is 6.92 Å². The molecule has 0 bridgehead atoms. The molecule has 1 aliphatic heterocycles. The number of hydrogen-bond donors (Lipinski definition) is 2. The topological polar surface area (TPSA) is 105 Å². The fraction of sp³-hybridized carbons (Fsp3) is 0.333. The second-order valence-electron chi connectivity index (χ2n) is 7.15. The smallest absolute Gasteiger partial charge is 0.341 e. The van der Waals surface area contributed by atoms with Gasteiger partial charge in [-0.25, -0.2) is 9.59 Å². The molecule has 4 amide bonds. The van der Waals surface area contributed by atoms with Gasteiger partial charge in [0.15, 0.2) is 0 Å². The molecule has 1 atom stereocenters. The van der Waals surface area contributed by atoms with Crippen LogP contribution in [0.25, 0.3) is 0 Å². The molecule has 8 nitrogen and oxygen atoms in total. The third-order valence-electron chi connectivity index (χ3n) is 4.93. The maximum Gasteiger partial charge on any atom is 0.341 e. The van der Waals surface area contributed by atoms with Crippen molar-refractivity contribution in [2.75, 3.05) is 18.5 Å². The van der Waals surface area contributed by atoms with Crippen molar-refractivity contribution in [3.63, 3.8) is 0 Å². The number of nitrogens with zero attached hydrogens (tertiary/aromatic N) is 1. The lowest BCUT2D eigenvalue weighted by Gasteiger charge is -2.23. The summed E-state index contributed by atoms with van der Waals surface area (Å²) in [5.74, 6) is -1.82. The number of thiophene rings is 1. The minimum Gasteiger partial charge on any atom is -0.462 e. The predicted octanol–water partition coefficient (Wildman–Crippen LogP) is 4.20. The van der Waals surface area contributed by atoms with E-state index in [2.05, 4.69) is 10.6 Å². The molecule has 1 saturated heterocycles. The van der Waals surface area contributed by atoms with E-state index in [4.69, 9.17) is 27.9 Å². The zero-order valence-electron chi connectivity index (χ0n) is 17.6. The number of anilines is 1. The Bertz CT molecular complexity index is 1100. The van der Waals surface area contributed by atoms with Crippen LogP contribution in [-0.2, 0) is 26.3 Å².